The Labute approximate surface area is 145 Å². The van der Waals surface area contributed by atoms with Gasteiger partial charge in [0.1, 0.15) is 0 Å². The number of anilines is 1. The van der Waals surface area contributed by atoms with Crippen molar-refractivity contribution in [2.45, 2.75) is 39.3 Å². The molecule has 1 aliphatic rings. The van der Waals surface area contributed by atoms with Gasteiger partial charge < -0.3 is 14.3 Å². The van der Waals surface area contributed by atoms with Gasteiger partial charge in [-0.1, -0.05) is 37.2 Å². The third kappa shape index (κ3) is 3.34. The fraction of sp³-hybridized carbons (Fsp3) is 0.550. The van der Waals surface area contributed by atoms with Crippen LogP contribution in [0, 0.1) is 11.3 Å². The van der Waals surface area contributed by atoms with Crippen LogP contribution < -0.4 is 4.90 Å². The summed E-state index contributed by atoms with van der Waals surface area (Å²) < 4.78 is 5.57. The van der Waals surface area contributed by atoms with E-state index < -0.39 is 0 Å². The molecule has 4 heteroatoms. The maximum Gasteiger partial charge on any atom is 0.156 e. The van der Waals surface area contributed by atoms with Crippen LogP contribution in [0.25, 0.3) is 0 Å². The number of rotatable bonds is 6. The highest BCUT2D eigenvalue weighted by molar-refractivity contribution is 5.45. The topological polar surface area (TPSA) is 32.5 Å². The molecule has 0 amide bonds. The van der Waals surface area contributed by atoms with E-state index in [-0.39, 0.29) is 0 Å². The zero-order valence-corrected chi connectivity index (χ0v) is 15.5. The number of hydrogen-bond acceptors (Lipinski definition) is 4. The van der Waals surface area contributed by atoms with Gasteiger partial charge in [-0.15, -0.1) is 0 Å². The van der Waals surface area contributed by atoms with Crippen molar-refractivity contribution in [1.29, 1.82) is 0 Å². The van der Waals surface area contributed by atoms with Crippen LogP contribution >= 0.6 is 0 Å². The Balaban J connectivity index is 1.59. The molecule has 1 fully saturated rings. The van der Waals surface area contributed by atoms with Crippen LogP contribution in [0.5, 0.6) is 0 Å². The molecule has 1 saturated carbocycles. The van der Waals surface area contributed by atoms with Gasteiger partial charge in [0.15, 0.2) is 5.76 Å². The second-order valence-corrected chi connectivity index (χ2v) is 7.91. The zero-order chi connectivity index (χ0) is 17.3. The first kappa shape index (κ1) is 17.0. The molecule has 0 aliphatic heterocycles. The van der Waals surface area contributed by atoms with Gasteiger partial charge in [0.25, 0.3) is 0 Å². The van der Waals surface area contributed by atoms with Crippen LogP contribution in [-0.2, 0) is 13.0 Å². The number of aromatic nitrogens is 1. The predicted octanol–water partition coefficient (Wildman–Crippen LogP) is 3.83. The van der Waals surface area contributed by atoms with Gasteiger partial charge >= 0.3 is 0 Å². The van der Waals surface area contributed by atoms with Crippen LogP contribution in [0.2, 0.25) is 0 Å². The molecule has 1 aliphatic carbocycles. The first-order chi connectivity index (χ1) is 11.4. The second kappa shape index (κ2) is 6.60. The van der Waals surface area contributed by atoms with Crippen molar-refractivity contribution in [2.75, 3.05) is 26.0 Å². The SMILES string of the molecule is CN(Cc1cc(C[C@@H]2C[C@H](N(C)C)C2(C)C)no1)c1ccccc1. The molecule has 0 bridgehead atoms. The smallest absolute Gasteiger partial charge is 0.156 e. The molecule has 3 rings (SSSR count). The quantitative estimate of drug-likeness (QED) is 0.807. The summed E-state index contributed by atoms with van der Waals surface area (Å²) in [6.07, 6.45) is 2.25. The Morgan fingerprint density at radius 3 is 2.50 bits per heavy atom. The molecule has 130 valence electrons. The van der Waals surface area contributed by atoms with E-state index in [2.05, 4.69) is 80.3 Å². The Bertz CT molecular complexity index is 663. The third-order valence-electron chi connectivity index (χ3n) is 5.70. The van der Waals surface area contributed by atoms with Gasteiger partial charge in [-0.05, 0) is 50.4 Å². The van der Waals surface area contributed by atoms with Gasteiger partial charge in [-0.25, -0.2) is 0 Å². The fourth-order valence-corrected chi connectivity index (χ4v) is 4.00. The van der Waals surface area contributed by atoms with Crippen molar-refractivity contribution in [3.63, 3.8) is 0 Å². The molecule has 0 unspecified atom stereocenters. The fourth-order valence-electron chi connectivity index (χ4n) is 4.00. The van der Waals surface area contributed by atoms with Gasteiger partial charge in [0, 0.05) is 24.8 Å². The predicted molar refractivity (Wildman–Crippen MR) is 98.1 cm³/mol. The Hall–Kier alpha value is -1.81. The molecule has 1 aromatic carbocycles. The van der Waals surface area contributed by atoms with E-state index in [1.807, 2.05) is 6.07 Å². The molecule has 4 nitrogen and oxygen atoms in total. The maximum atomic E-state index is 5.57. The van der Waals surface area contributed by atoms with Gasteiger partial charge in [0.05, 0.1) is 12.2 Å². The summed E-state index contributed by atoms with van der Waals surface area (Å²) in [4.78, 5) is 4.53. The van der Waals surface area contributed by atoms with Crippen molar-refractivity contribution >= 4 is 5.69 Å². The van der Waals surface area contributed by atoms with E-state index >= 15 is 0 Å². The molecule has 0 saturated heterocycles. The lowest BCUT2D eigenvalue weighted by atomic mass is 9.57. The number of benzene rings is 1. The number of para-hydroxylation sites is 1. The molecule has 2 aromatic rings. The lowest BCUT2D eigenvalue weighted by Gasteiger charge is -2.55. The summed E-state index contributed by atoms with van der Waals surface area (Å²) >= 11 is 0. The molecule has 0 N–H and O–H groups in total. The third-order valence-corrected chi connectivity index (χ3v) is 5.70. The molecule has 24 heavy (non-hydrogen) atoms. The first-order valence-electron chi connectivity index (χ1n) is 8.75. The Kier molecular flexibility index (Phi) is 4.68. The van der Waals surface area contributed by atoms with E-state index in [1.54, 1.807) is 0 Å². The van der Waals surface area contributed by atoms with E-state index in [9.17, 15) is 0 Å². The molecule has 2 atom stereocenters. The highest BCUT2D eigenvalue weighted by Gasteiger charge is 2.48. The van der Waals surface area contributed by atoms with Gasteiger partial charge in [-0.3, -0.25) is 0 Å². The van der Waals surface area contributed by atoms with Crippen molar-refractivity contribution in [3.05, 3.63) is 47.9 Å². The van der Waals surface area contributed by atoms with Crippen LogP contribution in [0.1, 0.15) is 31.7 Å². The van der Waals surface area contributed by atoms with Crippen LogP contribution in [-0.4, -0.2) is 37.2 Å². The van der Waals surface area contributed by atoms with Crippen molar-refractivity contribution in [3.8, 4) is 0 Å². The van der Waals surface area contributed by atoms with E-state index in [0.29, 0.717) is 17.4 Å². The average molecular weight is 327 g/mol. The summed E-state index contributed by atoms with van der Waals surface area (Å²) in [5.41, 5.74) is 2.61. The summed E-state index contributed by atoms with van der Waals surface area (Å²) in [5, 5.41) is 4.30. The van der Waals surface area contributed by atoms with Crippen molar-refractivity contribution in [2.24, 2.45) is 11.3 Å². The zero-order valence-electron chi connectivity index (χ0n) is 15.5. The van der Waals surface area contributed by atoms with Crippen LogP contribution in [0.4, 0.5) is 5.69 Å². The van der Waals surface area contributed by atoms with E-state index in [1.165, 1.54) is 12.1 Å². The average Bonchev–Trinajstić information content (AvgIpc) is 2.98. The molecule has 1 aromatic heterocycles. The normalized spacial score (nSPS) is 22.4. The molecule has 0 radical (unpaired) electrons. The van der Waals surface area contributed by atoms with Crippen molar-refractivity contribution < 1.29 is 4.52 Å². The van der Waals surface area contributed by atoms with Crippen LogP contribution in [0.3, 0.4) is 0 Å². The Morgan fingerprint density at radius 2 is 1.88 bits per heavy atom. The standard InChI is InChI=1S/C20H29N3O/c1-20(2)15(12-19(20)22(3)4)11-16-13-18(24-21-16)14-23(5)17-9-7-6-8-10-17/h6-10,13,15,19H,11-12,14H2,1-5H3/t15-,19+/m1/s1. The van der Waals surface area contributed by atoms with Gasteiger partial charge in [-0.2, -0.15) is 0 Å². The van der Waals surface area contributed by atoms with Crippen molar-refractivity contribution in [1.82, 2.24) is 10.1 Å². The monoisotopic (exact) mass is 327 g/mol. The maximum absolute atomic E-state index is 5.57. The molecular weight excluding hydrogens is 298 g/mol. The summed E-state index contributed by atoms with van der Waals surface area (Å²) in [7, 11) is 6.43. The summed E-state index contributed by atoms with van der Waals surface area (Å²) in [5.74, 6) is 1.60. The molecule has 1 heterocycles. The summed E-state index contributed by atoms with van der Waals surface area (Å²) in [6, 6.07) is 13.1. The minimum absolute atomic E-state index is 0.337. The number of nitrogens with zero attached hydrogens (tertiary/aromatic N) is 3. The highest BCUT2D eigenvalue weighted by atomic mass is 16.5. The second-order valence-electron chi connectivity index (χ2n) is 7.91. The largest absolute Gasteiger partial charge is 0.367 e. The van der Waals surface area contributed by atoms with Gasteiger partial charge in [0.2, 0.25) is 0 Å². The Morgan fingerprint density at radius 1 is 1.17 bits per heavy atom. The highest BCUT2D eigenvalue weighted by Crippen LogP contribution is 2.49. The minimum Gasteiger partial charge on any atom is -0.367 e. The van der Waals surface area contributed by atoms with E-state index in [4.69, 9.17) is 4.52 Å². The summed E-state index contributed by atoms with van der Waals surface area (Å²) in [6.45, 7) is 5.48. The number of hydrogen-bond donors (Lipinski definition) is 0. The first-order valence-corrected chi connectivity index (χ1v) is 8.75. The minimum atomic E-state index is 0.337. The lowest BCUT2D eigenvalue weighted by molar-refractivity contribution is -0.0421. The van der Waals surface area contributed by atoms with E-state index in [0.717, 1.165) is 24.4 Å². The van der Waals surface area contributed by atoms with Crippen LogP contribution in [0.15, 0.2) is 40.9 Å². The molecular formula is C20H29N3O. The molecule has 0 spiro atoms. The lowest BCUT2D eigenvalue weighted by Crippen LogP contribution is -2.56.